The topological polar surface area (TPSA) is 175 Å². The maximum Gasteiger partial charge on any atom is 0.306 e. The Bertz CT molecular complexity index is 855. The average Bonchev–Trinajstić information content (AvgIpc) is 3.02. The van der Waals surface area contributed by atoms with Gasteiger partial charge in [-0.2, -0.15) is 0 Å². The van der Waals surface area contributed by atoms with Gasteiger partial charge in [0, 0.05) is 52.0 Å². The predicted octanol–water partition coefficient (Wildman–Crippen LogP) is 4.26. The van der Waals surface area contributed by atoms with Crippen molar-refractivity contribution in [2.24, 2.45) is 0 Å². The molecule has 1 radical (unpaired) electrons. The molecule has 0 aliphatic rings. The standard InChI is InChI=1S/C34H61O12.Y/c1-9-24(36)26(38)15-18-32(39)45-28(12-4)31(46-34(41)19-16-29(25(37)10-2)42-22(5)6)17-20-33(40)44-27(11-3)30(14-13-21-35)43-23(7)8;/h22-31,36-38H,9-20H2,1-8H3;/q-1;. The second-order valence-corrected chi connectivity index (χ2v) is 12.2. The first-order valence-corrected chi connectivity index (χ1v) is 17.0. The van der Waals surface area contributed by atoms with E-state index in [-0.39, 0.29) is 96.3 Å². The van der Waals surface area contributed by atoms with Gasteiger partial charge >= 0.3 is 17.9 Å². The van der Waals surface area contributed by atoms with Crippen LogP contribution in [0.3, 0.4) is 0 Å². The normalized spacial score (nSPS) is 16.6. The molecule has 12 nitrogen and oxygen atoms in total. The molecule has 0 rings (SSSR count). The second kappa shape index (κ2) is 27.8. The quantitative estimate of drug-likeness (QED) is 0.0619. The van der Waals surface area contributed by atoms with Crippen molar-refractivity contribution in [1.29, 1.82) is 0 Å². The minimum Gasteiger partial charge on any atom is -0.542 e. The third kappa shape index (κ3) is 21.6. The van der Waals surface area contributed by atoms with Crippen LogP contribution in [-0.2, 0) is 75.6 Å². The molecule has 47 heavy (non-hydrogen) atoms. The molecule has 0 aromatic rings. The summed E-state index contributed by atoms with van der Waals surface area (Å²) in [5.41, 5.74) is 0. The first-order valence-electron chi connectivity index (χ1n) is 17.0. The second-order valence-electron chi connectivity index (χ2n) is 12.2. The van der Waals surface area contributed by atoms with Crippen LogP contribution in [0.25, 0.3) is 0 Å². The summed E-state index contributed by atoms with van der Waals surface area (Å²) < 4.78 is 28.8. The number of carbonyl (C=O) groups is 3. The van der Waals surface area contributed by atoms with Crippen LogP contribution in [0, 0.1) is 0 Å². The summed E-state index contributed by atoms with van der Waals surface area (Å²) in [4.78, 5) is 49.6. The summed E-state index contributed by atoms with van der Waals surface area (Å²) in [6.07, 6.45) is -2.95. The van der Waals surface area contributed by atoms with Crippen molar-refractivity contribution in [2.75, 3.05) is 0 Å². The number of aliphatic hydroxyl groups is 3. The predicted molar refractivity (Wildman–Crippen MR) is 171 cm³/mol. The van der Waals surface area contributed by atoms with E-state index in [9.17, 15) is 34.5 Å². The fraction of sp³-hybridized carbons (Fsp3) is 0.882. The fourth-order valence-corrected chi connectivity index (χ4v) is 4.95. The van der Waals surface area contributed by atoms with Crippen LogP contribution in [-0.4, -0.2) is 101 Å². The number of hydrogen-bond acceptors (Lipinski definition) is 12. The van der Waals surface area contributed by atoms with Crippen LogP contribution in [0.5, 0.6) is 0 Å². The van der Waals surface area contributed by atoms with E-state index in [1.54, 1.807) is 13.8 Å². The van der Waals surface area contributed by atoms with Crippen LogP contribution in [0.1, 0.15) is 132 Å². The molecular weight excluding hydrogens is 689 g/mol. The largest absolute Gasteiger partial charge is 0.542 e. The van der Waals surface area contributed by atoms with Crippen LogP contribution in [0.15, 0.2) is 0 Å². The van der Waals surface area contributed by atoms with Gasteiger partial charge in [-0.1, -0.05) is 27.7 Å². The van der Waals surface area contributed by atoms with Crippen molar-refractivity contribution in [3.8, 4) is 0 Å². The van der Waals surface area contributed by atoms with E-state index in [1.807, 2.05) is 47.8 Å². The molecule has 273 valence electrons. The van der Waals surface area contributed by atoms with Gasteiger partial charge in [0.15, 0.2) is 0 Å². The molecule has 0 saturated heterocycles. The third-order valence-corrected chi connectivity index (χ3v) is 7.53. The number of carbonyl (C=O) groups excluding carboxylic acids is 4. The summed E-state index contributed by atoms with van der Waals surface area (Å²) >= 11 is 0. The van der Waals surface area contributed by atoms with Gasteiger partial charge in [0.2, 0.25) is 0 Å². The Morgan fingerprint density at radius 3 is 1.36 bits per heavy atom. The van der Waals surface area contributed by atoms with Crippen LogP contribution in [0.2, 0.25) is 0 Å². The van der Waals surface area contributed by atoms with Gasteiger partial charge in [-0.15, -0.1) is 6.42 Å². The zero-order valence-electron chi connectivity index (χ0n) is 29.9. The molecule has 8 atom stereocenters. The van der Waals surface area contributed by atoms with Crippen molar-refractivity contribution >= 4 is 24.2 Å². The average molecular weight is 751 g/mol. The van der Waals surface area contributed by atoms with E-state index < -0.39 is 66.7 Å². The Hall–Kier alpha value is -1.02. The van der Waals surface area contributed by atoms with E-state index >= 15 is 0 Å². The molecule has 3 N–H and O–H groups in total. The number of esters is 3. The Morgan fingerprint density at radius 1 is 0.532 bits per heavy atom. The van der Waals surface area contributed by atoms with Crippen LogP contribution in [0.4, 0.5) is 0 Å². The summed E-state index contributed by atoms with van der Waals surface area (Å²) in [6.45, 7) is 14.5. The zero-order valence-corrected chi connectivity index (χ0v) is 32.7. The van der Waals surface area contributed by atoms with Gasteiger partial charge in [-0.25, -0.2) is 0 Å². The van der Waals surface area contributed by atoms with Crippen molar-refractivity contribution in [1.82, 2.24) is 0 Å². The van der Waals surface area contributed by atoms with Crippen molar-refractivity contribution in [2.45, 2.75) is 193 Å². The van der Waals surface area contributed by atoms with E-state index in [0.717, 1.165) is 0 Å². The van der Waals surface area contributed by atoms with E-state index in [0.29, 0.717) is 25.7 Å². The van der Waals surface area contributed by atoms with Gasteiger partial charge < -0.3 is 43.8 Å². The fourth-order valence-electron chi connectivity index (χ4n) is 4.95. The molecule has 0 spiro atoms. The minimum atomic E-state index is -1.08. The van der Waals surface area contributed by atoms with Gasteiger partial charge in [0.1, 0.15) is 18.3 Å². The summed E-state index contributed by atoms with van der Waals surface area (Å²) in [6, 6.07) is 0. The molecule has 0 aliphatic heterocycles. The van der Waals surface area contributed by atoms with Crippen molar-refractivity contribution in [3.63, 3.8) is 0 Å². The summed E-state index contributed by atoms with van der Waals surface area (Å²) in [5, 5.41) is 30.2. The maximum absolute atomic E-state index is 13.0. The van der Waals surface area contributed by atoms with Gasteiger partial charge in [-0.3, -0.25) is 20.7 Å². The first kappa shape index (κ1) is 48.1. The molecule has 8 unspecified atom stereocenters. The van der Waals surface area contributed by atoms with Crippen LogP contribution >= 0.6 is 0 Å². The molecule has 0 saturated carbocycles. The minimum absolute atomic E-state index is 0. The number of aliphatic hydroxyl groups excluding tert-OH is 3. The number of ether oxygens (including phenoxy) is 5. The zero-order chi connectivity index (χ0) is 35.2. The van der Waals surface area contributed by atoms with Crippen molar-refractivity contribution < 1.29 is 90.9 Å². The molecule has 0 bridgehead atoms. The van der Waals surface area contributed by atoms with Gasteiger partial charge in [0.25, 0.3) is 0 Å². The Morgan fingerprint density at radius 2 is 0.936 bits per heavy atom. The molecule has 0 fully saturated rings. The molecule has 0 heterocycles. The number of rotatable bonds is 27. The molecular formula is C34H61O12Y-. The summed E-state index contributed by atoms with van der Waals surface area (Å²) in [5.74, 6) is -1.80. The maximum atomic E-state index is 13.0. The molecule has 0 amide bonds. The Balaban J connectivity index is 0. The van der Waals surface area contributed by atoms with Crippen molar-refractivity contribution in [3.05, 3.63) is 0 Å². The van der Waals surface area contributed by atoms with E-state index in [2.05, 4.69) is 0 Å². The third-order valence-electron chi connectivity index (χ3n) is 7.53. The smallest absolute Gasteiger partial charge is 0.306 e. The summed E-state index contributed by atoms with van der Waals surface area (Å²) in [7, 11) is 0. The molecule has 13 heteroatoms. The first-order chi connectivity index (χ1) is 21.7. The van der Waals surface area contributed by atoms with Crippen LogP contribution < -0.4 is 0 Å². The molecule has 0 aromatic carbocycles. The van der Waals surface area contributed by atoms with E-state index in [1.165, 1.54) is 0 Å². The molecule has 0 aliphatic carbocycles. The monoisotopic (exact) mass is 750 g/mol. The Labute approximate surface area is 307 Å². The molecule has 0 aromatic heterocycles. The van der Waals surface area contributed by atoms with E-state index in [4.69, 9.17) is 23.7 Å². The van der Waals surface area contributed by atoms with Gasteiger partial charge in [-0.05, 0) is 79.1 Å². The SMILES string of the molecule is CCC(O)C(O)CCC(=O)OC(CC)C(CCC(=O)OC(CC)C(CC[C-]=O)OC(C)C)OC(=O)CCC(OC(C)C)C(O)CC.[Y]. The number of hydrogen-bond donors (Lipinski definition) is 3. The van der Waals surface area contributed by atoms with Gasteiger partial charge in [0.05, 0.1) is 42.7 Å². The Kier molecular flexibility index (Phi) is 28.4.